The SMILES string of the molecule is C/N=C/c1cc(O)ccc1O. The van der Waals surface area contributed by atoms with Crippen LogP contribution in [0.2, 0.25) is 0 Å². The molecule has 0 bridgehead atoms. The number of hydrogen-bond acceptors (Lipinski definition) is 3. The lowest BCUT2D eigenvalue weighted by Gasteiger charge is -1.97. The van der Waals surface area contributed by atoms with Gasteiger partial charge in [-0.25, -0.2) is 0 Å². The molecule has 0 amide bonds. The molecular weight excluding hydrogens is 142 g/mol. The van der Waals surface area contributed by atoms with Crippen LogP contribution in [0.1, 0.15) is 5.56 Å². The van der Waals surface area contributed by atoms with Crippen LogP contribution in [0.15, 0.2) is 23.2 Å². The Labute approximate surface area is 64.6 Å². The molecule has 1 rings (SSSR count). The van der Waals surface area contributed by atoms with Gasteiger partial charge in [-0.1, -0.05) is 0 Å². The molecule has 3 heteroatoms. The summed E-state index contributed by atoms with van der Waals surface area (Å²) in [7, 11) is 1.60. The van der Waals surface area contributed by atoms with Crippen LogP contribution < -0.4 is 0 Å². The predicted octanol–water partition coefficient (Wildman–Crippen LogP) is 1.15. The van der Waals surface area contributed by atoms with E-state index in [9.17, 15) is 0 Å². The number of aliphatic imine (C=N–C) groups is 1. The van der Waals surface area contributed by atoms with Crippen LogP contribution >= 0.6 is 0 Å². The molecule has 0 heterocycles. The average molecular weight is 151 g/mol. The Bertz CT molecular complexity index is 281. The fourth-order valence-corrected chi connectivity index (χ4v) is 0.784. The maximum Gasteiger partial charge on any atom is 0.124 e. The van der Waals surface area contributed by atoms with Crippen LogP contribution in [0.25, 0.3) is 0 Å². The van der Waals surface area contributed by atoms with Gasteiger partial charge < -0.3 is 10.2 Å². The predicted molar refractivity (Wildman–Crippen MR) is 43.3 cm³/mol. The van der Waals surface area contributed by atoms with E-state index in [0.717, 1.165) is 0 Å². The first kappa shape index (κ1) is 7.60. The molecule has 0 radical (unpaired) electrons. The van der Waals surface area contributed by atoms with Crippen LogP contribution in [0, 0.1) is 0 Å². The van der Waals surface area contributed by atoms with Crippen LogP contribution in [0.5, 0.6) is 11.5 Å². The number of hydrogen-bond donors (Lipinski definition) is 2. The van der Waals surface area contributed by atoms with Gasteiger partial charge >= 0.3 is 0 Å². The van der Waals surface area contributed by atoms with E-state index in [1.165, 1.54) is 24.4 Å². The number of benzene rings is 1. The molecule has 0 aliphatic heterocycles. The molecule has 0 saturated carbocycles. The Kier molecular flexibility index (Phi) is 2.11. The zero-order valence-corrected chi connectivity index (χ0v) is 6.15. The highest BCUT2D eigenvalue weighted by molar-refractivity contribution is 5.83. The fourth-order valence-electron chi connectivity index (χ4n) is 0.784. The van der Waals surface area contributed by atoms with E-state index in [1.807, 2.05) is 0 Å². The second kappa shape index (κ2) is 3.05. The third-order valence-electron chi connectivity index (χ3n) is 1.28. The van der Waals surface area contributed by atoms with Crippen LogP contribution in [0.4, 0.5) is 0 Å². The highest BCUT2D eigenvalue weighted by atomic mass is 16.3. The summed E-state index contributed by atoms with van der Waals surface area (Å²) in [5.41, 5.74) is 0.521. The van der Waals surface area contributed by atoms with E-state index >= 15 is 0 Å². The maximum atomic E-state index is 9.16. The van der Waals surface area contributed by atoms with Gasteiger partial charge in [-0.2, -0.15) is 0 Å². The van der Waals surface area contributed by atoms with Crippen molar-refractivity contribution in [3.05, 3.63) is 23.8 Å². The lowest BCUT2D eigenvalue weighted by Crippen LogP contribution is -1.80. The van der Waals surface area contributed by atoms with Crippen molar-refractivity contribution in [2.24, 2.45) is 4.99 Å². The van der Waals surface area contributed by atoms with Crippen molar-refractivity contribution in [3.63, 3.8) is 0 Å². The molecule has 0 unspecified atom stereocenters. The quantitative estimate of drug-likeness (QED) is 0.467. The van der Waals surface area contributed by atoms with Crippen molar-refractivity contribution >= 4 is 6.21 Å². The molecule has 1 aromatic rings. The molecule has 0 aromatic heterocycles. The summed E-state index contributed by atoms with van der Waals surface area (Å²) in [4.78, 5) is 3.71. The molecule has 58 valence electrons. The van der Waals surface area contributed by atoms with Gasteiger partial charge in [0.15, 0.2) is 0 Å². The van der Waals surface area contributed by atoms with E-state index in [4.69, 9.17) is 10.2 Å². The maximum absolute atomic E-state index is 9.16. The Hall–Kier alpha value is -1.51. The molecule has 1 aromatic carbocycles. The zero-order chi connectivity index (χ0) is 8.27. The van der Waals surface area contributed by atoms with Gasteiger partial charge in [0.25, 0.3) is 0 Å². The van der Waals surface area contributed by atoms with Crippen LogP contribution in [-0.2, 0) is 0 Å². The summed E-state index contributed by atoms with van der Waals surface area (Å²) in [6, 6.07) is 4.29. The van der Waals surface area contributed by atoms with Crippen LogP contribution in [-0.4, -0.2) is 23.5 Å². The first-order valence-electron chi connectivity index (χ1n) is 3.18. The van der Waals surface area contributed by atoms with E-state index in [-0.39, 0.29) is 11.5 Å². The van der Waals surface area contributed by atoms with E-state index < -0.39 is 0 Å². The largest absolute Gasteiger partial charge is 0.508 e. The molecule has 2 N–H and O–H groups in total. The summed E-state index contributed by atoms with van der Waals surface area (Å²) >= 11 is 0. The zero-order valence-electron chi connectivity index (χ0n) is 6.15. The molecule has 11 heavy (non-hydrogen) atoms. The minimum atomic E-state index is 0.119. The van der Waals surface area contributed by atoms with Crippen molar-refractivity contribution in [2.45, 2.75) is 0 Å². The minimum absolute atomic E-state index is 0.119. The fraction of sp³-hybridized carbons (Fsp3) is 0.125. The number of aromatic hydroxyl groups is 2. The molecule has 0 atom stereocenters. The lowest BCUT2D eigenvalue weighted by atomic mass is 10.2. The molecule has 0 fully saturated rings. The summed E-state index contributed by atoms with van der Waals surface area (Å²) in [6.07, 6.45) is 1.48. The van der Waals surface area contributed by atoms with Gasteiger partial charge in [0.05, 0.1) is 0 Å². The molecule has 0 aliphatic rings. The third-order valence-corrected chi connectivity index (χ3v) is 1.28. The standard InChI is InChI=1S/C8H9NO2/c1-9-5-6-4-7(10)2-3-8(6)11/h2-5,10-11H,1H3/b9-5+. The molecule has 0 saturated heterocycles. The second-order valence-electron chi connectivity index (χ2n) is 2.13. The van der Waals surface area contributed by atoms with Crippen LogP contribution in [0.3, 0.4) is 0 Å². The Balaban J connectivity index is 3.12. The molecular formula is C8H9NO2. The van der Waals surface area contributed by atoms with Crippen molar-refractivity contribution in [2.75, 3.05) is 7.05 Å². The van der Waals surface area contributed by atoms with Crippen molar-refractivity contribution in [3.8, 4) is 11.5 Å². The lowest BCUT2D eigenvalue weighted by molar-refractivity contribution is 0.459. The number of phenolic OH excluding ortho intramolecular Hbond substituents is 2. The summed E-state index contributed by atoms with van der Waals surface area (Å²) in [5, 5.41) is 18.2. The minimum Gasteiger partial charge on any atom is -0.508 e. The van der Waals surface area contributed by atoms with E-state index in [0.29, 0.717) is 5.56 Å². The van der Waals surface area contributed by atoms with Crippen molar-refractivity contribution in [1.29, 1.82) is 0 Å². The first-order valence-corrected chi connectivity index (χ1v) is 3.18. The number of rotatable bonds is 1. The monoisotopic (exact) mass is 151 g/mol. The van der Waals surface area contributed by atoms with E-state index in [2.05, 4.69) is 4.99 Å². The summed E-state index contributed by atoms with van der Waals surface area (Å²) in [6.45, 7) is 0. The van der Waals surface area contributed by atoms with Gasteiger partial charge in [-0.3, -0.25) is 4.99 Å². The Morgan fingerprint density at radius 1 is 1.36 bits per heavy atom. The van der Waals surface area contributed by atoms with Gasteiger partial charge in [0.2, 0.25) is 0 Å². The van der Waals surface area contributed by atoms with Gasteiger partial charge in [0.1, 0.15) is 11.5 Å². The number of phenols is 2. The van der Waals surface area contributed by atoms with Gasteiger partial charge in [0, 0.05) is 18.8 Å². The van der Waals surface area contributed by atoms with Crippen molar-refractivity contribution in [1.82, 2.24) is 0 Å². The Morgan fingerprint density at radius 2 is 2.09 bits per heavy atom. The third kappa shape index (κ3) is 1.70. The normalized spacial score (nSPS) is 10.6. The highest BCUT2D eigenvalue weighted by Gasteiger charge is 1.97. The smallest absolute Gasteiger partial charge is 0.124 e. The Morgan fingerprint density at radius 3 is 2.73 bits per heavy atom. The van der Waals surface area contributed by atoms with Gasteiger partial charge in [-0.05, 0) is 18.2 Å². The molecule has 3 nitrogen and oxygen atoms in total. The first-order chi connectivity index (χ1) is 5.24. The summed E-state index contributed by atoms with van der Waals surface area (Å²) in [5.74, 6) is 0.242. The average Bonchev–Trinajstić information content (AvgIpc) is 1.98. The molecule has 0 spiro atoms. The highest BCUT2D eigenvalue weighted by Crippen LogP contribution is 2.19. The van der Waals surface area contributed by atoms with Crippen molar-refractivity contribution < 1.29 is 10.2 Å². The van der Waals surface area contributed by atoms with E-state index in [1.54, 1.807) is 7.05 Å². The summed E-state index contributed by atoms with van der Waals surface area (Å²) < 4.78 is 0. The van der Waals surface area contributed by atoms with Gasteiger partial charge in [-0.15, -0.1) is 0 Å². The number of nitrogens with zero attached hydrogens (tertiary/aromatic N) is 1. The molecule has 0 aliphatic carbocycles. The topological polar surface area (TPSA) is 52.8 Å². The second-order valence-corrected chi connectivity index (χ2v) is 2.13.